The molecule has 27 heavy (non-hydrogen) atoms. The first-order chi connectivity index (χ1) is 13.1. The molecule has 0 saturated carbocycles. The smallest absolute Gasteiger partial charge is 0.262 e. The quantitative estimate of drug-likeness (QED) is 0.905. The van der Waals surface area contributed by atoms with E-state index in [4.69, 9.17) is 4.74 Å². The van der Waals surface area contributed by atoms with Crippen LogP contribution in [0.1, 0.15) is 28.8 Å². The number of amides is 2. The molecule has 2 amide bonds. The van der Waals surface area contributed by atoms with Crippen molar-refractivity contribution in [3.05, 3.63) is 59.4 Å². The van der Waals surface area contributed by atoms with Gasteiger partial charge in [-0.2, -0.15) is 0 Å². The molecule has 5 nitrogen and oxygen atoms in total. The Balaban J connectivity index is 1.36. The van der Waals surface area contributed by atoms with Gasteiger partial charge in [-0.25, -0.2) is 4.39 Å². The predicted octanol–water partition coefficient (Wildman–Crippen LogP) is 3.25. The first-order valence-electron chi connectivity index (χ1n) is 9.19. The number of benzene rings is 2. The third-order valence-electron chi connectivity index (χ3n) is 5.20. The normalized spacial score (nSPS) is 17.1. The van der Waals surface area contributed by atoms with Crippen LogP contribution >= 0.6 is 0 Å². The number of piperidine rings is 1. The van der Waals surface area contributed by atoms with Crippen LogP contribution in [0.3, 0.4) is 0 Å². The fourth-order valence-electron chi connectivity index (χ4n) is 3.69. The molecule has 1 fully saturated rings. The van der Waals surface area contributed by atoms with Crippen LogP contribution in [0.25, 0.3) is 0 Å². The molecule has 0 aromatic heterocycles. The topological polar surface area (TPSA) is 58.6 Å². The van der Waals surface area contributed by atoms with Crippen LogP contribution in [0, 0.1) is 11.7 Å². The van der Waals surface area contributed by atoms with Gasteiger partial charge in [0.25, 0.3) is 11.8 Å². The number of nitrogens with zero attached hydrogens (tertiary/aromatic N) is 1. The molecule has 0 bridgehead atoms. The standard InChI is InChI=1S/C21H21FN2O3/c22-17-4-1-14(2-5-17)11-15-7-9-24(10-8-15)21(26)16-3-6-19-18(12-16)23-20(25)13-27-19/h1-6,12,15H,7-11,13H2,(H,23,25). The molecule has 1 N–H and O–H groups in total. The van der Waals surface area contributed by atoms with Gasteiger partial charge in [-0.05, 0) is 61.1 Å². The zero-order valence-electron chi connectivity index (χ0n) is 14.9. The van der Waals surface area contributed by atoms with Crippen molar-refractivity contribution in [1.29, 1.82) is 0 Å². The van der Waals surface area contributed by atoms with E-state index in [0.717, 1.165) is 24.8 Å². The number of nitrogens with one attached hydrogen (secondary N) is 1. The second-order valence-electron chi connectivity index (χ2n) is 7.11. The number of hydrogen-bond acceptors (Lipinski definition) is 3. The van der Waals surface area contributed by atoms with E-state index >= 15 is 0 Å². The number of likely N-dealkylation sites (tertiary alicyclic amines) is 1. The Kier molecular flexibility index (Phi) is 4.79. The molecule has 2 aromatic carbocycles. The summed E-state index contributed by atoms with van der Waals surface area (Å²) in [7, 11) is 0. The number of carbonyl (C=O) groups is 2. The lowest BCUT2D eigenvalue weighted by atomic mass is 9.90. The Labute approximate surface area is 157 Å². The van der Waals surface area contributed by atoms with E-state index in [1.165, 1.54) is 12.1 Å². The molecular weight excluding hydrogens is 347 g/mol. The van der Waals surface area contributed by atoms with Crippen LogP contribution in [-0.4, -0.2) is 36.4 Å². The lowest BCUT2D eigenvalue weighted by molar-refractivity contribution is -0.118. The van der Waals surface area contributed by atoms with Gasteiger partial charge >= 0.3 is 0 Å². The van der Waals surface area contributed by atoms with Crippen molar-refractivity contribution in [2.45, 2.75) is 19.3 Å². The van der Waals surface area contributed by atoms with Gasteiger partial charge in [-0.1, -0.05) is 12.1 Å². The van der Waals surface area contributed by atoms with Crippen LogP contribution in [0.2, 0.25) is 0 Å². The van der Waals surface area contributed by atoms with Crippen LogP contribution in [0.15, 0.2) is 42.5 Å². The number of carbonyl (C=O) groups excluding carboxylic acids is 2. The molecule has 140 valence electrons. The second kappa shape index (κ2) is 7.39. The summed E-state index contributed by atoms with van der Waals surface area (Å²) in [5.74, 6) is 0.622. The van der Waals surface area contributed by atoms with Crippen molar-refractivity contribution in [1.82, 2.24) is 4.90 Å². The van der Waals surface area contributed by atoms with Crippen molar-refractivity contribution < 1.29 is 18.7 Å². The molecule has 0 spiro atoms. The number of hydrogen-bond donors (Lipinski definition) is 1. The number of ether oxygens (including phenoxy) is 1. The Bertz CT molecular complexity index is 858. The van der Waals surface area contributed by atoms with Crippen LogP contribution in [0.4, 0.5) is 10.1 Å². The van der Waals surface area contributed by atoms with Crippen LogP contribution in [0.5, 0.6) is 5.75 Å². The van der Waals surface area contributed by atoms with E-state index in [1.807, 2.05) is 17.0 Å². The van der Waals surface area contributed by atoms with Crippen LogP contribution < -0.4 is 10.1 Å². The average Bonchev–Trinajstić information content (AvgIpc) is 2.69. The van der Waals surface area contributed by atoms with Crippen molar-refractivity contribution >= 4 is 17.5 Å². The van der Waals surface area contributed by atoms with Gasteiger partial charge in [0.2, 0.25) is 0 Å². The molecule has 0 atom stereocenters. The highest BCUT2D eigenvalue weighted by Gasteiger charge is 2.25. The van der Waals surface area contributed by atoms with E-state index in [9.17, 15) is 14.0 Å². The van der Waals surface area contributed by atoms with E-state index in [0.29, 0.717) is 36.0 Å². The lowest BCUT2D eigenvalue weighted by Gasteiger charge is -2.32. The van der Waals surface area contributed by atoms with Crippen molar-refractivity contribution in [3.8, 4) is 5.75 Å². The maximum absolute atomic E-state index is 13.0. The number of rotatable bonds is 3. The predicted molar refractivity (Wildman–Crippen MR) is 99.3 cm³/mol. The van der Waals surface area contributed by atoms with Crippen LogP contribution in [-0.2, 0) is 11.2 Å². The first kappa shape index (κ1) is 17.5. The molecular formula is C21H21FN2O3. The van der Waals surface area contributed by atoms with Gasteiger partial charge < -0.3 is 15.0 Å². The summed E-state index contributed by atoms with van der Waals surface area (Å²) in [6.45, 7) is 1.40. The van der Waals surface area contributed by atoms with E-state index in [-0.39, 0.29) is 24.2 Å². The summed E-state index contributed by atoms with van der Waals surface area (Å²) in [5.41, 5.74) is 2.23. The maximum Gasteiger partial charge on any atom is 0.262 e. The van der Waals surface area contributed by atoms with Gasteiger partial charge in [0.1, 0.15) is 11.6 Å². The van der Waals surface area contributed by atoms with Gasteiger partial charge in [-0.15, -0.1) is 0 Å². The molecule has 0 unspecified atom stereocenters. The molecule has 1 saturated heterocycles. The van der Waals surface area contributed by atoms with Gasteiger partial charge in [-0.3, -0.25) is 9.59 Å². The van der Waals surface area contributed by atoms with E-state index < -0.39 is 0 Å². The lowest BCUT2D eigenvalue weighted by Crippen LogP contribution is -2.39. The number of anilines is 1. The summed E-state index contributed by atoms with van der Waals surface area (Å²) in [5, 5.41) is 2.74. The van der Waals surface area contributed by atoms with Crippen molar-refractivity contribution in [3.63, 3.8) is 0 Å². The van der Waals surface area contributed by atoms with Gasteiger partial charge in [0.05, 0.1) is 5.69 Å². The minimum absolute atomic E-state index is 0.00185. The Morgan fingerprint density at radius 1 is 1.15 bits per heavy atom. The third-order valence-corrected chi connectivity index (χ3v) is 5.20. The first-order valence-corrected chi connectivity index (χ1v) is 9.19. The minimum atomic E-state index is -0.217. The Hall–Kier alpha value is -2.89. The van der Waals surface area contributed by atoms with E-state index in [1.54, 1.807) is 18.2 Å². The summed E-state index contributed by atoms with van der Waals surface area (Å²) in [6.07, 6.45) is 2.76. The number of fused-ring (bicyclic) bond motifs is 1. The molecule has 6 heteroatoms. The second-order valence-corrected chi connectivity index (χ2v) is 7.11. The molecule has 4 rings (SSSR count). The highest BCUT2D eigenvalue weighted by molar-refractivity contribution is 5.99. The summed E-state index contributed by atoms with van der Waals surface area (Å²) in [4.78, 5) is 26.1. The molecule has 2 aliphatic heterocycles. The highest BCUT2D eigenvalue weighted by Crippen LogP contribution is 2.30. The molecule has 2 aliphatic rings. The SMILES string of the molecule is O=C1COc2ccc(C(=O)N3CCC(Cc4ccc(F)cc4)CC3)cc2N1. The molecule has 2 heterocycles. The van der Waals surface area contributed by atoms with Crippen molar-refractivity contribution in [2.24, 2.45) is 5.92 Å². The fourth-order valence-corrected chi connectivity index (χ4v) is 3.69. The molecule has 0 aliphatic carbocycles. The van der Waals surface area contributed by atoms with E-state index in [2.05, 4.69) is 5.32 Å². The minimum Gasteiger partial charge on any atom is -0.482 e. The zero-order chi connectivity index (χ0) is 18.8. The monoisotopic (exact) mass is 368 g/mol. The largest absolute Gasteiger partial charge is 0.482 e. The molecule has 0 radical (unpaired) electrons. The van der Waals surface area contributed by atoms with Crippen molar-refractivity contribution in [2.75, 3.05) is 25.0 Å². The zero-order valence-corrected chi connectivity index (χ0v) is 14.9. The summed E-state index contributed by atoms with van der Waals surface area (Å²) >= 11 is 0. The maximum atomic E-state index is 13.0. The number of halogens is 1. The fraction of sp³-hybridized carbons (Fsp3) is 0.333. The Morgan fingerprint density at radius 3 is 2.63 bits per heavy atom. The van der Waals surface area contributed by atoms with Gasteiger partial charge in [0, 0.05) is 18.7 Å². The summed E-state index contributed by atoms with van der Waals surface area (Å²) in [6, 6.07) is 11.8. The molecule has 2 aromatic rings. The average molecular weight is 368 g/mol. The Morgan fingerprint density at radius 2 is 1.89 bits per heavy atom. The highest BCUT2D eigenvalue weighted by atomic mass is 19.1. The third kappa shape index (κ3) is 3.94. The summed E-state index contributed by atoms with van der Waals surface area (Å²) < 4.78 is 18.4. The van der Waals surface area contributed by atoms with Gasteiger partial charge in [0.15, 0.2) is 6.61 Å².